The zero-order chi connectivity index (χ0) is 13.9. The second-order valence-electron chi connectivity index (χ2n) is 4.99. The van der Waals surface area contributed by atoms with E-state index in [2.05, 4.69) is 32.4 Å². The molecule has 1 aromatic carbocycles. The number of hydrogen-bond acceptors (Lipinski definition) is 5. The molecule has 0 saturated heterocycles. The average molecular weight is 271 g/mol. The summed E-state index contributed by atoms with van der Waals surface area (Å²) in [4.78, 5) is 3.74. The fourth-order valence-corrected chi connectivity index (χ4v) is 2.35. The Morgan fingerprint density at radius 3 is 2.85 bits per heavy atom. The second kappa shape index (κ2) is 5.42. The second-order valence-corrected chi connectivity index (χ2v) is 4.99. The van der Waals surface area contributed by atoms with Crippen LogP contribution in [0.25, 0.3) is 11.0 Å². The third-order valence-electron chi connectivity index (χ3n) is 3.39. The maximum atomic E-state index is 5.95. The van der Waals surface area contributed by atoms with Crippen LogP contribution in [0.1, 0.15) is 18.2 Å². The van der Waals surface area contributed by atoms with Gasteiger partial charge in [-0.1, -0.05) is 18.2 Å². The summed E-state index contributed by atoms with van der Waals surface area (Å²) in [5, 5.41) is 12.8. The fraction of sp³-hybridized carbons (Fsp3) is 0.357. The Kier molecular flexibility index (Phi) is 3.47. The molecule has 0 aliphatic rings. The van der Waals surface area contributed by atoms with E-state index in [4.69, 9.17) is 4.42 Å². The lowest BCUT2D eigenvalue weighted by Crippen LogP contribution is -2.21. The van der Waals surface area contributed by atoms with Gasteiger partial charge in [0.2, 0.25) is 0 Å². The van der Waals surface area contributed by atoms with Gasteiger partial charge in [0.1, 0.15) is 11.3 Å². The van der Waals surface area contributed by atoms with Gasteiger partial charge in [-0.2, -0.15) is 4.80 Å². The number of aryl methyl sites for hydroxylation is 1. The predicted molar refractivity (Wildman–Crippen MR) is 75.1 cm³/mol. The minimum atomic E-state index is 0.188. The van der Waals surface area contributed by atoms with Gasteiger partial charge >= 0.3 is 0 Å². The molecule has 3 rings (SSSR count). The van der Waals surface area contributed by atoms with Gasteiger partial charge in [0, 0.05) is 5.39 Å². The van der Waals surface area contributed by atoms with Gasteiger partial charge in [-0.15, -0.1) is 10.2 Å². The van der Waals surface area contributed by atoms with E-state index in [1.165, 1.54) is 6.33 Å². The van der Waals surface area contributed by atoms with Crippen LogP contribution in [0, 0.1) is 0 Å². The van der Waals surface area contributed by atoms with Crippen molar-refractivity contribution in [3.05, 3.63) is 42.4 Å². The van der Waals surface area contributed by atoms with E-state index >= 15 is 0 Å². The topological polar surface area (TPSA) is 60.0 Å². The summed E-state index contributed by atoms with van der Waals surface area (Å²) in [6.07, 6.45) is 2.31. The molecule has 6 nitrogen and oxygen atoms in total. The largest absolute Gasteiger partial charge is 0.459 e. The van der Waals surface area contributed by atoms with Crippen LogP contribution in [0.2, 0.25) is 0 Å². The summed E-state index contributed by atoms with van der Waals surface area (Å²) < 4.78 is 5.95. The lowest BCUT2D eigenvalue weighted by molar-refractivity contribution is 0.234. The molecule has 3 aromatic rings. The summed E-state index contributed by atoms with van der Waals surface area (Å²) in [5.41, 5.74) is 0.924. The number of benzene rings is 1. The number of furan rings is 1. The van der Waals surface area contributed by atoms with Crippen LogP contribution >= 0.6 is 0 Å². The molecule has 2 heterocycles. The van der Waals surface area contributed by atoms with Crippen molar-refractivity contribution in [2.24, 2.45) is 0 Å². The number of fused-ring (bicyclic) bond motifs is 1. The van der Waals surface area contributed by atoms with Gasteiger partial charge in [0.05, 0.1) is 12.6 Å². The lowest BCUT2D eigenvalue weighted by Gasteiger charge is -2.21. The summed E-state index contributed by atoms with van der Waals surface area (Å²) >= 11 is 0. The number of nitrogens with zero attached hydrogens (tertiary/aromatic N) is 5. The van der Waals surface area contributed by atoms with Crippen LogP contribution in [-0.4, -0.2) is 39.2 Å². The zero-order valence-corrected chi connectivity index (χ0v) is 11.6. The smallest absolute Gasteiger partial charge is 0.162 e. The van der Waals surface area contributed by atoms with Gasteiger partial charge in [-0.25, -0.2) is 0 Å². The standard InChI is InChI=1S/C14H17N5O/c1-18(2)12(7-8-19-16-10-15-17-19)14-9-11-5-3-4-6-13(11)20-14/h3-6,9-10,12H,7-8H2,1-2H3. The van der Waals surface area contributed by atoms with E-state index < -0.39 is 0 Å². The molecule has 20 heavy (non-hydrogen) atoms. The fourth-order valence-electron chi connectivity index (χ4n) is 2.35. The molecule has 0 N–H and O–H groups in total. The van der Waals surface area contributed by atoms with Crippen molar-refractivity contribution in [2.75, 3.05) is 14.1 Å². The van der Waals surface area contributed by atoms with Gasteiger partial charge < -0.3 is 4.42 Å². The first-order valence-corrected chi connectivity index (χ1v) is 6.60. The van der Waals surface area contributed by atoms with E-state index in [-0.39, 0.29) is 6.04 Å². The number of aromatic nitrogens is 4. The first-order valence-electron chi connectivity index (χ1n) is 6.60. The highest BCUT2D eigenvalue weighted by molar-refractivity contribution is 5.77. The van der Waals surface area contributed by atoms with Crippen LogP contribution < -0.4 is 0 Å². The predicted octanol–water partition coefficient (Wildman–Crippen LogP) is 2.11. The Labute approximate surface area is 117 Å². The van der Waals surface area contributed by atoms with Crippen molar-refractivity contribution in [1.29, 1.82) is 0 Å². The van der Waals surface area contributed by atoms with Crippen molar-refractivity contribution in [3.63, 3.8) is 0 Å². The SMILES string of the molecule is CN(C)C(CCn1ncnn1)c1cc2ccccc2o1. The summed E-state index contributed by atoms with van der Waals surface area (Å²) in [6, 6.07) is 10.4. The molecule has 0 saturated carbocycles. The third kappa shape index (κ3) is 2.55. The Bertz CT molecular complexity index is 641. The first-order chi connectivity index (χ1) is 9.74. The molecule has 2 aromatic heterocycles. The van der Waals surface area contributed by atoms with Gasteiger partial charge in [0.25, 0.3) is 0 Å². The van der Waals surface area contributed by atoms with E-state index in [0.29, 0.717) is 6.54 Å². The Hall–Kier alpha value is -2.21. The molecule has 6 heteroatoms. The van der Waals surface area contributed by atoms with Gasteiger partial charge in [-0.3, -0.25) is 4.90 Å². The van der Waals surface area contributed by atoms with Crippen LogP contribution in [0.4, 0.5) is 0 Å². The quantitative estimate of drug-likeness (QED) is 0.711. The Morgan fingerprint density at radius 1 is 1.30 bits per heavy atom. The van der Waals surface area contributed by atoms with E-state index in [1.54, 1.807) is 4.80 Å². The van der Waals surface area contributed by atoms with Crippen molar-refractivity contribution in [1.82, 2.24) is 25.1 Å². The lowest BCUT2D eigenvalue weighted by atomic mass is 10.1. The molecule has 1 unspecified atom stereocenters. The van der Waals surface area contributed by atoms with Crippen molar-refractivity contribution in [3.8, 4) is 0 Å². The van der Waals surface area contributed by atoms with Crippen molar-refractivity contribution in [2.45, 2.75) is 19.0 Å². The monoisotopic (exact) mass is 271 g/mol. The number of hydrogen-bond donors (Lipinski definition) is 0. The first kappa shape index (κ1) is 12.8. The van der Waals surface area contributed by atoms with Gasteiger partial charge in [-0.05, 0) is 37.9 Å². The number of tetrazole rings is 1. The highest BCUT2D eigenvalue weighted by Gasteiger charge is 2.19. The van der Waals surface area contributed by atoms with E-state index in [9.17, 15) is 0 Å². The van der Waals surface area contributed by atoms with E-state index in [1.807, 2.05) is 32.3 Å². The zero-order valence-electron chi connectivity index (χ0n) is 11.6. The van der Waals surface area contributed by atoms with Crippen LogP contribution in [0.15, 0.2) is 41.1 Å². The summed E-state index contributed by atoms with van der Waals surface area (Å²) in [7, 11) is 4.10. The normalized spacial score (nSPS) is 13.2. The minimum Gasteiger partial charge on any atom is -0.459 e. The number of rotatable bonds is 5. The molecule has 0 aliphatic heterocycles. The highest BCUT2D eigenvalue weighted by atomic mass is 16.3. The molecular weight excluding hydrogens is 254 g/mol. The summed E-state index contributed by atoms with van der Waals surface area (Å²) in [6.45, 7) is 0.708. The molecule has 104 valence electrons. The van der Waals surface area contributed by atoms with Crippen molar-refractivity contribution >= 4 is 11.0 Å². The average Bonchev–Trinajstić information content (AvgIpc) is 3.06. The molecule has 0 spiro atoms. The molecular formula is C14H17N5O. The van der Waals surface area contributed by atoms with E-state index in [0.717, 1.165) is 23.2 Å². The molecule has 0 amide bonds. The van der Waals surface area contributed by atoms with Crippen LogP contribution in [0.3, 0.4) is 0 Å². The van der Waals surface area contributed by atoms with Crippen LogP contribution in [0.5, 0.6) is 0 Å². The van der Waals surface area contributed by atoms with Crippen molar-refractivity contribution < 1.29 is 4.42 Å². The Morgan fingerprint density at radius 2 is 2.15 bits per heavy atom. The molecule has 0 aliphatic carbocycles. The van der Waals surface area contributed by atoms with Crippen LogP contribution in [-0.2, 0) is 6.54 Å². The Balaban J connectivity index is 1.82. The highest BCUT2D eigenvalue weighted by Crippen LogP contribution is 2.28. The minimum absolute atomic E-state index is 0.188. The summed E-state index contributed by atoms with van der Waals surface area (Å²) in [5.74, 6) is 0.969. The number of para-hydroxylation sites is 1. The maximum Gasteiger partial charge on any atom is 0.162 e. The molecule has 0 bridgehead atoms. The third-order valence-corrected chi connectivity index (χ3v) is 3.39. The molecule has 0 radical (unpaired) electrons. The molecule has 1 atom stereocenters. The maximum absolute atomic E-state index is 5.95. The molecule has 0 fully saturated rings. The van der Waals surface area contributed by atoms with Gasteiger partial charge in [0.15, 0.2) is 6.33 Å².